The monoisotopic (exact) mass is 608 g/mol. The zero-order valence-corrected chi connectivity index (χ0v) is 26.0. The molecule has 0 aliphatic carbocycles. The Labute approximate surface area is 242 Å². The second kappa shape index (κ2) is 12.4. The van der Waals surface area contributed by atoms with Gasteiger partial charge in [-0.2, -0.15) is 13.2 Å². The van der Waals surface area contributed by atoms with E-state index in [2.05, 4.69) is 10.3 Å². The molecule has 2 aromatic heterocycles. The van der Waals surface area contributed by atoms with Gasteiger partial charge in [0.05, 0.1) is 11.4 Å². The van der Waals surface area contributed by atoms with Gasteiger partial charge in [-0.3, -0.25) is 19.0 Å². The summed E-state index contributed by atoms with van der Waals surface area (Å²) in [7, 11) is -2.88. The van der Waals surface area contributed by atoms with Crippen LogP contribution in [-0.4, -0.2) is 46.7 Å². The van der Waals surface area contributed by atoms with E-state index in [0.29, 0.717) is 6.42 Å². The fraction of sp³-hybridized carbons (Fsp3) is 0.517. The highest BCUT2D eigenvalue weighted by Gasteiger charge is 2.52. The summed E-state index contributed by atoms with van der Waals surface area (Å²) in [4.78, 5) is 54.3. The van der Waals surface area contributed by atoms with E-state index in [1.165, 1.54) is 12.3 Å². The summed E-state index contributed by atoms with van der Waals surface area (Å²) >= 11 is 0. The summed E-state index contributed by atoms with van der Waals surface area (Å²) in [6.07, 6.45) is -5.37. The van der Waals surface area contributed by atoms with Crippen LogP contribution in [0.4, 0.5) is 13.2 Å². The highest BCUT2D eigenvalue weighted by Crippen LogP contribution is 2.41. The van der Waals surface area contributed by atoms with Crippen molar-refractivity contribution in [3.8, 4) is 0 Å². The van der Waals surface area contributed by atoms with Crippen molar-refractivity contribution in [2.24, 2.45) is 5.92 Å². The molecule has 0 spiro atoms. The Morgan fingerprint density at radius 3 is 2.19 bits per heavy atom. The van der Waals surface area contributed by atoms with Crippen LogP contribution in [0.25, 0.3) is 10.9 Å². The Balaban J connectivity index is 1.87. The zero-order chi connectivity index (χ0) is 31.6. The molecule has 13 heteroatoms. The van der Waals surface area contributed by atoms with Crippen LogP contribution < -0.4 is 22.1 Å². The molecule has 3 aromatic rings. The summed E-state index contributed by atoms with van der Waals surface area (Å²) in [6, 6.07) is 9.16. The number of fused-ring (bicyclic) bond motifs is 1. The molecule has 9 nitrogen and oxygen atoms in total. The van der Waals surface area contributed by atoms with Gasteiger partial charge in [0.25, 0.3) is 11.1 Å². The van der Waals surface area contributed by atoms with Gasteiger partial charge in [0, 0.05) is 12.7 Å². The van der Waals surface area contributed by atoms with Crippen molar-refractivity contribution in [2.75, 3.05) is 0 Å². The molecule has 2 unspecified atom stereocenters. The van der Waals surface area contributed by atoms with Gasteiger partial charge in [-0.25, -0.2) is 4.79 Å². The maximum atomic E-state index is 14.2. The number of benzene rings is 1. The number of alkyl halides is 3. The number of nitrogens with one attached hydrogen (secondary N) is 2. The van der Waals surface area contributed by atoms with Gasteiger partial charge in [-0.1, -0.05) is 65.0 Å². The molecular formula is C29H39F3N4O5Si. The number of halogens is 3. The Bertz CT molecular complexity index is 1590. The average Bonchev–Trinajstić information content (AvgIpc) is 2.87. The first-order valence-corrected chi connectivity index (χ1v) is 16.7. The summed E-state index contributed by atoms with van der Waals surface area (Å²) in [6.45, 7) is 11.4. The van der Waals surface area contributed by atoms with Crippen LogP contribution in [0.5, 0.6) is 0 Å². The lowest BCUT2D eigenvalue weighted by molar-refractivity contribution is -0.210. The quantitative estimate of drug-likeness (QED) is 0.335. The third-order valence-electron chi connectivity index (χ3n) is 7.82. The Hall–Kier alpha value is -3.45. The number of hydrogen-bond acceptors (Lipinski definition) is 5. The zero-order valence-electron chi connectivity index (χ0n) is 25.0. The lowest BCUT2D eigenvalue weighted by Crippen LogP contribution is -2.59. The van der Waals surface area contributed by atoms with E-state index >= 15 is 0 Å². The number of aromatic amines is 1. The van der Waals surface area contributed by atoms with Crippen molar-refractivity contribution in [1.82, 2.24) is 19.4 Å². The van der Waals surface area contributed by atoms with Crippen LogP contribution in [0.2, 0.25) is 18.1 Å². The molecular weight excluding hydrogens is 569 g/mol. The number of nitrogens with zero attached hydrogens (tertiary/aromatic N) is 2. The summed E-state index contributed by atoms with van der Waals surface area (Å²) in [5.41, 5.74) is -1.62. The molecule has 230 valence electrons. The first-order chi connectivity index (χ1) is 19.3. The average molecular weight is 609 g/mol. The van der Waals surface area contributed by atoms with Crippen molar-refractivity contribution >= 4 is 25.1 Å². The highest BCUT2D eigenvalue weighted by atomic mass is 28.4. The van der Waals surface area contributed by atoms with E-state index in [0.717, 1.165) is 14.7 Å². The minimum atomic E-state index is -4.75. The molecule has 0 saturated carbocycles. The molecule has 1 amide bonds. The first kappa shape index (κ1) is 33.1. The van der Waals surface area contributed by atoms with E-state index in [1.807, 2.05) is 51.1 Å². The third kappa shape index (κ3) is 7.49. The van der Waals surface area contributed by atoms with Crippen molar-refractivity contribution in [3.63, 3.8) is 0 Å². The van der Waals surface area contributed by atoms with Crippen molar-refractivity contribution in [1.29, 1.82) is 0 Å². The molecule has 2 N–H and O–H groups in total. The summed E-state index contributed by atoms with van der Waals surface area (Å²) in [5.74, 6) is -1.49. The first-order valence-electron chi connectivity index (χ1n) is 13.8. The van der Waals surface area contributed by atoms with Gasteiger partial charge in [0.15, 0.2) is 14.4 Å². The van der Waals surface area contributed by atoms with Crippen LogP contribution >= 0.6 is 0 Å². The predicted octanol–water partition coefficient (Wildman–Crippen LogP) is 4.19. The lowest BCUT2D eigenvalue weighted by Gasteiger charge is -2.42. The Morgan fingerprint density at radius 2 is 1.64 bits per heavy atom. The molecule has 0 radical (unpaired) electrons. The predicted molar refractivity (Wildman–Crippen MR) is 158 cm³/mol. The number of pyridine rings is 1. The highest BCUT2D eigenvalue weighted by molar-refractivity contribution is 6.74. The second-order valence-electron chi connectivity index (χ2n) is 12.3. The van der Waals surface area contributed by atoms with Crippen molar-refractivity contribution in [2.45, 2.75) is 90.6 Å². The van der Waals surface area contributed by atoms with Crippen LogP contribution in [0.15, 0.2) is 57.0 Å². The summed E-state index contributed by atoms with van der Waals surface area (Å²) < 4.78 is 50.5. The van der Waals surface area contributed by atoms with Gasteiger partial charge in [-0.15, -0.1) is 0 Å². The van der Waals surface area contributed by atoms with Crippen molar-refractivity contribution in [3.05, 3.63) is 79.4 Å². The Kier molecular flexibility index (Phi) is 9.77. The molecule has 3 rings (SSSR count). The van der Waals surface area contributed by atoms with E-state index < -0.39 is 66.9 Å². The normalized spacial score (nSPS) is 14.3. The standard InChI is InChI=1S/C29H39F3N4O5Si/c1-18(2)22(24(29(30,31)32)41-42(6,7)28(3,4)5)33-21(37)17-35-15-14-20-23(26(35)39)34-27(40)36(25(20)38)16-13-19-11-9-8-10-12-19/h8-12,14-15,18,22,24H,13,16-17H2,1-7H3,(H,33,37)(H,34,40). The van der Waals surface area contributed by atoms with Gasteiger partial charge >= 0.3 is 11.9 Å². The number of aryl methyl sites for hydroxylation is 1. The lowest BCUT2D eigenvalue weighted by atomic mass is 9.98. The Morgan fingerprint density at radius 1 is 1.02 bits per heavy atom. The van der Waals surface area contributed by atoms with Gasteiger partial charge < -0.3 is 19.3 Å². The van der Waals surface area contributed by atoms with Gasteiger partial charge in [0.2, 0.25) is 5.91 Å². The third-order valence-corrected chi connectivity index (χ3v) is 12.3. The van der Waals surface area contributed by atoms with Gasteiger partial charge in [0.1, 0.15) is 12.1 Å². The van der Waals surface area contributed by atoms with Crippen LogP contribution in [0, 0.1) is 5.92 Å². The molecule has 0 bridgehead atoms. The minimum Gasteiger partial charge on any atom is -0.404 e. The molecule has 0 aliphatic rings. The second-order valence-corrected chi connectivity index (χ2v) is 17.1. The molecule has 42 heavy (non-hydrogen) atoms. The SMILES string of the molecule is CC(C)C(NC(=O)Cn1ccc2c(=O)n(CCc3ccccc3)c(=O)[nH]c2c1=O)C(O[Si](C)(C)C(C)(C)C)C(F)(F)F. The largest absolute Gasteiger partial charge is 0.415 e. The maximum absolute atomic E-state index is 14.2. The number of aromatic nitrogens is 3. The number of carbonyl (C=O) groups excluding carboxylic acids is 1. The summed E-state index contributed by atoms with van der Waals surface area (Å²) in [5, 5.41) is 1.89. The smallest absolute Gasteiger partial charge is 0.404 e. The molecule has 2 heterocycles. The van der Waals surface area contributed by atoms with Crippen LogP contribution in [0.3, 0.4) is 0 Å². The van der Waals surface area contributed by atoms with E-state index in [-0.39, 0.29) is 17.4 Å². The number of amides is 1. The topological polar surface area (TPSA) is 115 Å². The van der Waals surface area contributed by atoms with E-state index in [4.69, 9.17) is 4.43 Å². The molecule has 0 saturated heterocycles. The molecule has 0 aliphatic heterocycles. The van der Waals surface area contributed by atoms with Crippen LogP contribution in [-0.2, 0) is 28.7 Å². The molecule has 1 aromatic carbocycles. The van der Waals surface area contributed by atoms with E-state index in [9.17, 15) is 32.3 Å². The fourth-order valence-electron chi connectivity index (χ4n) is 4.31. The van der Waals surface area contributed by atoms with Crippen molar-refractivity contribution < 1.29 is 22.4 Å². The number of hydrogen-bond donors (Lipinski definition) is 2. The maximum Gasteiger partial charge on any atom is 0.415 e. The van der Waals surface area contributed by atoms with Gasteiger partial charge in [-0.05, 0) is 42.1 Å². The number of H-pyrrole nitrogens is 1. The van der Waals surface area contributed by atoms with E-state index in [1.54, 1.807) is 26.9 Å². The number of rotatable bonds is 10. The molecule has 0 fully saturated rings. The van der Waals surface area contributed by atoms with Crippen LogP contribution in [0.1, 0.15) is 40.2 Å². The fourth-order valence-corrected chi connectivity index (χ4v) is 5.58. The number of carbonyl (C=O) groups is 1. The minimum absolute atomic E-state index is 0.0377. The molecule has 2 atom stereocenters.